The van der Waals surface area contributed by atoms with Gasteiger partial charge in [0.1, 0.15) is 0 Å². The summed E-state index contributed by atoms with van der Waals surface area (Å²) in [5.74, 6) is 1.01. The molecule has 0 radical (unpaired) electrons. The second kappa shape index (κ2) is 6.01. The molecule has 24 heavy (non-hydrogen) atoms. The van der Waals surface area contributed by atoms with Gasteiger partial charge in [0.25, 0.3) is 0 Å². The van der Waals surface area contributed by atoms with Crippen molar-refractivity contribution >= 4 is 28.6 Å². The summed E-state index contributed by atoms with van der Waals surface area (Å²) in [6, 6.07) is 0.880. The summed E-state index contributed by atoms with van der Waals surface area (Å²) >= 11 is 5.92. The SMILES string of the molecule is CC(C)c1noc(N2CCC(n3ncc4cnc(Cl)nc43)CC2)n1. The first-order valence-corrected chi connectivity index (χ1v) is 8.44. The molecule has 8 nitrogen and oxygen atoms in total. The van der Waals surface area contributed by atoms with Crippen molar-refractivity contribution in [1.29, 1.82) is 0 Å². The summed E-state index contributed by atoms with van der Waals surface area (Å²) in [6.07, 6.45) is 5.34. The van der Waals surface area contributed by atoms with Gasteiger partial charge in [0.05, 0.1) is 17.6 Å². The van der Waals surface area contributed by atoms with E-state index in [4.69, 9.17) is 16.1 Å². The zero-order valence-corrected chi connectivity index (χ0v) is 14.3. The van der Waals surface area contributed by atoms with Crippen LogP contribution in [0.1, 0.15) is 44.5 Å². The van der Waals surface area contributed by atoms with Gasteiger partial charge >= 0.3 is 6.01 Å². The molecule has 0 N–H and O–H groups in total. The highest BCUT2D eigenvalue weighted by Gasteiger charge is 2.26. The molecule has 0 saturated carbocycles. The quantitative estimate of drug-likeness (QED) is 0.673. The van der Waals surface area contributed by atoms with Gasteiger partial charge in [-0.1, -0.05) is 19.0 Å². The van der Waals surface area contributed by atoms with E-state index in [1.54, 1.807) is 12.4 Å². The molecular weight excluding hydrogens is 330 g/mol. The van der Waals surface area contributed by atoms with Gasteiger partial charge in [-0.3, -0.25) is 0 Å². The molecular formula is C15H18ClN7O. The first-order chi connectivity index (χ1) is 11.6. The second-order valence-electron chi connectivity index (χ2n) is 6.32. The first-order valence-electron chi connectivity index (χ1n) is 8.06. The van der Waals surface area contributed by atoms with Crippen molar-refractivity contribution in [2.24, 2.45) is 0 Å². The maximum absolute atomic E-state index is 5.92. The second-order valence-corrected chi connectivity index (χ2v) is 6.65. The molecule has 0 amide bonds. The molecule has 0 unspecified atom stereocenters. The number of anilines is 1. The van der Waals surface area contributed by atoms with Gasteiger partial charge in [-0.15, -0.1) is 0 Å². The van der Waals surface area contributed by atoms with E-state index in [1.165, 1.54) is 0 Å². The van der Waals surface area contributed by atoms with Crippen LogP contribution in [-0.4, -0.2) is 43.0 Å². The molecule has 1 aliphatic heterocycles. The van der Waals surface area contributed by atoms with Crippen molar-refractivity contribution in [2.75, 3.05) is 18.0 Å². The van der Waals surface area contributed by atoms with E-state index in [1.807, 2.05) is 4.68 Å². The van der Waals surface area contributed by atoms with Crippen molar-refractivity contribution < 1.29 is 4.52 Å². The molecule has 3 aromatic heterocycles. The fourth-order valence-electron chi connectivity index (χ4n) is 2.97. The molecule has 4 rings (SSSR count). The zero-order chi connectivity index (χ0) is 16.7. The van der Waals surface area contributed by atoms with Crippen molar-refractivity contribution in [2.45, 2.75) is 38.6 Å². The third kappa shape index (κ3) is 2.71. The van der Waals surface area contributed by atoms with Gasteiger partial charge in [0.15, 0.2) is 11.5 Å². The summed E-state index contributed by atoms with van der Waals surface area (Å²) in [5, 5.41) is 9.65. The Balaban J connectivity index is 1.50. The van der Waals surface area contributed by atoms with E-state index in [0.717, 1.165) is 42.8 Å². The van der Waals surface area contributed by atoms with E-state index in [-0.39, 0.29) is 17.2 Å². The minimum Gasteiger partial charge on any atom is -0.324 e. The zero-order valence-electron chi connectivity index (χ0n) is 13.6. The van der Waals surface area contributed by atoms with Gasteiger partial charge in [-0.05, 0) is 24.4 Å². The van der Waals surface area contributed by atoms with E-state index in [0.29, 0.717) is 6.01 Å². The average Bonchev–Trinajstić information content (AvgIpc) is 3.22. The number of hydrogen-bond donors (Lipinski definition) is 0. The van der Waals surface area contributed by atoms with E-state index < -0.39 is 0 Å². The normalized spacial score (nSPS) is 16.4. The molecule has 0 atom stereocenters. The molecule has 126 valence electrons. The highest BCUT2D eigenvalue weighted by molar-refractivity contribution is 6.28. The first kappa shape index (κ1) is 15.3. The summed E-state index contributed by atoms with van der Waals surface area (Å²) in [5.41, 5.74) is 0.785. The number of rotatable bonds is 3. The topological polar surface area (TPSA) is 85.8 Å². The number of hydrogen-bond acceptors (Lipinski definition) is 7. The molecule has 1 fully saturated rings. The molecule has 4 heterocycles. The van der Waals surface area contributed by atoms with Crippen LogP contribution in [0.3, 0.4) is 0 Å². The Bertz CT molecular complexity index is 851. The van der Waals surface area contributed by atoms with Crippen LogP contribution < -0.4 is 4.90 Å². The Morgan fingerprint density at radius 1 is 1.21 bits per heavy atom. The number of nitrogens with zero attached hydrogens (tertiary/aromatic N) is 7. The van der Waals surface area contributed by atoms with Crippen LogP contribution >= 0.6 is 11.6 Å². The van der Waals surface area contributed by atoms with Crippen LogP contribution in [0.5, 0.6) is 0 Å². The maximum atomic E-state index is 5.92. The van der Waals surface area contributed by atoms with Crippen molar-refractivity contribution in [3.05, 3.63) is 23.5 Å². The lowest BCUT2D eigenvalue weighted by Gasteiger charge is -2.30. The van der Waals surface area contributed by atoms with Gasteiger partial charge in [0, 0.05) is 25.2 Å². The number of piperidine rings is 1. The number of aromatic nitrogens is 6. The van der Waals surface area contributed by atoms with Gasteiger partial charge < -0.3 is 9.42 Å². The van der Waals surface area contributed by atoms with Crippen LogP contribution in [0.15, 0.2) is 16.9 Å². The molecule has 3 aromatic rings. The van der Waals surface area contributed by atoms with Crippen LogP contribution in [-0.2, 0) is 0 Å². The van der Waals surface area contributed by atoms with Crippen LogP contribution in [0, 0.1) is 0 Å². The van der Waals surface area contributed by atoms with Gasteiger partial charge in [0.2, 0.25) is 5.28 Å². The van der Waals surface area contributed by atoms with Crippen molar-refractivity contribution in [3.63, 3.8) is 0 Å². The average molecular weight is 348 g/mol. The van der Waals surface area contributed by atoms with E-state index >= 15 is 0 Å². The Kier molecular flexibility index (Phi) is 3.84. The largest absolute Gasteiger partial charge is 0.324 e. The molecule has 0 aromatic carbocycles. The summed E-state index contributed by atoms with van der Waals surface area (Å²) in [4.78, 5) is 14.9. The Morgan fingerprint density at radius 3 is 2.71 bits per heavy atom. The standard InChI is InChI=1S/C15H18ClN7O/c1-9(2)12-19-15(24-21-12)22-5-3-11(4-6-22)23-13-10(8-18-23)7-17-14(16)20-13/h7-9,11H,3-6H2,1-2H3. The number of halogens is 1. The lowest BCUT2D eigenvalue weighted by molar-refractivity contribution is 0.346. The molecule has 0 aliphatic carbocycles. The predicted molar refractivity (Wildman–Crippen MR) is 89.2 cm³/mol. The third-order valence-electron chi connectivity index (χ3n) is 4.33. The lowest BCUT2D eigenvalue weighted by Crippen LogP contribution is -2.35. The van der Waals surface area contributed by atoms with Gasteiger partial charge in [-0.2, -0.15) is 15.1 Å². The molecule has 1 aliphatic rings. The lowest BCUT2D eigenvalue weighted by atomic mass is 10.1. The molecule has 1 saturated heterocycles. The maximum Gasteiger partial charge on any atom is 0.324 e. The van der Waals surface area contributed by atoms with Crippen LogP contribution in [0.4, 0.5) is 6.01 Å². The Labute approximate surface area is 143 Å². The highest BCUT2D eigenvalue weighted by Crippen LogP contribution is 2.28. The summed E-state index contributed by atoms with van der Waals surface area (Å²) < 4.78 is 7.33. The summed E-state index contributed by atoms with van der Waals surface area (Å²) in [7, 11) is 0. The van der Waals surface area contributed by atoms with E-state index in [9.17, 15) is 0 Å². The van der Waals surface area contributed by atoms with Crippen molar-refractivity contribution in [3.8, 4) is 0 Å². The predicted octanol–water partition coefficient (Wildman–Crippen LogP) is 2.83. The fraction of sp³-hybridized carbons (Fsp3) is 0.533. The Morgan fingerprint density at radius 2 is 2.00 bits per heavy atom. The van der Waals surface area contributed by atoms with Crippen molar-refractivity contribution in [1.82, 2.24) is 29.9 Å². The monoisotopic (exact) mass is 347 g/mol. The summed E-state index contributed by atoms with van der Waals surface area (Å²) in [6.45, 7) is 5.78. The van der Waals surface area contributed by atoms with Crippen LogP contribution in [0.2, 0.25) is 5.28 Å². The molecule has 0 bridgehead atoms. The minimum absolute atomic E-state index is 0.244. The Hall–Kier alpha value is -2.22. The molecule has 0 spiro atoms. The molecule has 9 heteroatoms. The number of fused-ring (bicyclic) bond motifs is 1. The highest BCUT2D eigenvalue weighted by atomic mass is 35.5. The minimum atomic E-state index is 0.244. The van der Waals surface area contributed by atoms with E-state index in [2.05, 4.69) is 44.0 Å². The smallest absolute Gasteiger partial charge is 0.324 e. The van der Waals surface area contributed by atoms with Crippen LogP contribution in [0.25, 0.3) is 11.0 Å². The van der Waals surface area contributed by atoms with Gasteiger partial charge in [-0.25, -0.2) is 9.67 Å². The third-order valence-corrected chi connectivity index (χ3v) is 4.52. The fourth-order valence-corrected chi connectivity index (χ4v) is 3.10.